The first-order valence-corrected chi connectivity index (χ1v) is 11.1. The Morgan fingerprint density at radius 3 is 2.44 bits per heavy atom. The van der Waals surface area contributed by atoms with Crippen molar-refractivity contribution in [2.45, 2.75) is 24.9 Å². The Morgan fingerprint density at radius 2 is 1.78 bits per heavy atom. The maximum atomic E-state index is 13.2. The van der Waals surface area contributed by atoms with E-state index >= 15 is 0 Å². The van der Waals surface area contributed by atoms with Crippen LogP contribution in [0.5, 0.6) is 5.75 Å². The van der Waals surface area contributed by atoms with Gasteiger partial charge < -0.3 is 15.0 Å². The Bertz CT molecular complexity index is 1320. The van der Waals surface area contributed by atoms with Crippen molar-refractivity contribution in [2.24, 2.45) is 0 Å². The normalized spacial score (nSPS) is 19.5. The van der Waals surface area contributed by atoms with Gasteiger partial charge in [-0.15, -0.1) is 0 Å². The van der Waals surface area contributed by atoms with Gasteiger partial charge in [-0.1, -0.05) is 6.07 Å². The fourth-order valence-corrected chi connectivity index (χ4v) is 4.38. The molecular weight excluding hydrogens is 474 g/mol. The molecule has 1 atom stereocenters. The zero-order chi connectivity index (χ0) is 25.6. The summed E-state index contributed by atoms with van der Waals surface area (Å²) in [4.78, 5) is 74.6. The van der Waals surface area contributed by atoms with E-state index in [9.17, 15) is 34.1 Å². The van der Waals surface area contributed by atoms with Gasteiger partial charge in [-0.3, -0.25) is 39.5 Å². The number of anilines is 1. The highest BCUT2D eigenvalue weighted by Crippen LogP contribution is 2.33. The number of non-ortho nitro benzene ring substituents is 1. The lowest BCUT2D eigenvalue weighted by atomic mass is 10.0. The number of imide groups is 2. The number of nitrogens with zero attached hydrogens (tertiary/aromatic N) is 3. The zero-order valence-corrected chi connectivity index (χ0v) is 18.6. The summed E-state index contributed by atoms with van der Waals surface area (Å²) < 4.78 is 5.22. The number of hydrogen-bond acceptors (Lipinski definition) is 9. The maximum Gasteiger partial charge on any atom is 0.415 e. The van der Waals surface area contributed by atoms with Crippen molar-refractivity contribution in [3.05, 3.63) is 63.7 Å². The number of benzene rings is 2. The highest BCUT2D eigenvalue weighted by atomic mass is 16.6. The highest BCUT2D eigenvalue weighted by molar-refractivity contribution is 6.25. The third kappa shape index (κ3) is 4.00. The Hall–Kier alpha value is -4.81. The van der Waals surface area contributed by atoms with Gasteiger partial charge in [-0.05, 0) is 30.7 Å². The van der Waals surface area contributed by atoms with E-state index in [1.165, 1.54) is 35.2 Å². The molecule has 2 aromatic carbocycles. The number of carbonyl (C=O) groups is 5. The molecule has 2 fully saturated rings. The summed E-state index contributed by atoms with van der Waals surface area (Å²) in [6.07, 6.45) is -0.536. The molecule has 5 rings (SSSR count). The van der Waals surface area contributed by atoms with E-state index in [0.717, 1.165) is 4.90 Å². The Labute approximate surface area is 203 Å². The van der Waals surface area contributed by atoms with Crippen LogP contribution in [0.15, 0.2) is 42.5 Å². The third-order valence-corrected chi connectivity index (χ3v) is 6.22. The summed E-state index contributed by atoms with van der Waals surface area (Å²) in [6.45, 7) is 0.517. The van der Waals surface area contributed by atoms with Crippen molar-refractivity contribution in [1.29, 1.82) is 0 Å². The van der Waals surface area contributed by atoms with Gasteiger partial charge in [-0.25, -0.2) is 4.79 Å². The molecule has 2 N–H and O–H groups in total. The number of hydrogen-bond donors (Lipinski definition) is 2. The number of nitro benzene ring substituents is 1. The molecule has 3 heterocycles. The Morgan fingerprint density at radius 1 is 1.06 bits per heavy atom. The molecule has 36 heavy (non-hydrogen) atoms. The zero-order valence-electron chi connectivity index (χ0n) is 18.6. The monoisotopic (exact) mass is 493 g/mol. The first-order chi connectivity index (χ1) is 17.2. The molecule has 2 saturated heterocycles. The second kappa shape index (κ2) is 8.76. The number of rotatable bonds is 5. The van der Waals surface area contributed by atoms with Crippen molar-refractivity contribution >= 4 is 41.1 Å². The minimum absolute atomic E-state index is 0.0306. The number of nitro groups is 1. The average molecular weight is 493 g/mol. The molecule has 0 saturated carbocycles. The van der Waals surface area contributed by atoms with Crippen LogP contribution in [0, 0.1) is 10.1 Å². The fraction of sp³-hybridized carbons (Fsp3) is 0.261. The second-order valence-electron chi connectivity index (χ2n) is 8.54. The van der Waals surface area contributed by atoms with Gasteiger partial charge in [-0.2, -0.15) is 0 Å². The molecule has 0 aliphatic carbocycles. The average Bonchev–Trinajstić information content (AvgIpc) is 3.07. The Balaban J connectivity index is 1.22. The molecule has 2 aromatic rings. The molecule has 1 unspecified atom stereocenters. The summed E-state index contributed by atoms with van der Waals surface area (Å²) in [5.74, 6) is -2.19. The summed E-state index contributed by atoms with van der Waals surface area (Å²) >= 11 is 0. The summed E-state index contributed by atoms with van der Waals surface area (Å²) in [5.41, 5.74) is 0.569. The van der Waals surface area contributed by atoms with E-state index < -0.39 is 40.7 Å². The topological polar surface area (TPSA) is 168 Å². The number of nitrogens with one attached hydrogen (secondary N) is 2. The van der Waals surface area contributed by atoms with Gasteiger partial charge in [0.15, 0.2) is 0 Å². The number of fused-ring (bicyclic) bond motifs is 1. The summed E-state index contributed by atoms with van der Waals surface area (Å²) in [6, 6.07) is 8.58. The van der Waals surface area contributed by atoms with Crippen LogP contribution in [0.1, 0.15) is 33.6 Å². The van der Waals surface area contributed by atoms with Crippen LogP contribution in [0.25, 0.3) is 0 Å². The lowest BCUT2D eigenvalue weighted by Gasteiger charge is -2.39. The molecular formula is C23H19N5O8. The Kier molecular flexibility index (Phi) is 5.59. The van der Waals surface area contributed by atoms with Gasteiger partial charge in [0.25, 0.3) is 17.5 Å². The minimum Gasteiger partial charge on any atom is -0.410 e. The molecule has 0 radical (unpaired) electrons. The van der Waals surface area contributed by atoms with E-state index in [1.807, 2.05) is 0 Å². The SMILES string of the molecule is O=C1CCC(N2C(=O)c3cccc(NC4CN(C(=O)Oc5ccc([N+](=O)[O-])cc5)C4)c3C2=O)C(=O)N1. The lowest BCUT2D eigenvalue weighted by Crippen LogP contribution is -2.57. The first-order valence-electron chi connectivity index (χ1n) is 11.1. The van der Waals surface area contributed by atoms with Crippen molar-refractivity contribution < 1.29 is 33.6 Å². The van der Waals surface area contributed by atoms with Crippen molar-refractivity contribution in [1.82, 2.24) is 15.1 Å². The van der Waals surface area contributed by atoms with Gasteiger partial charge in [0.1, 0.15) is 11.8 Å². The smallest absolute Gasteiger partial charge is 0.410 e. The summed E-state index contributed by atoms with van der Waals surface area (Å²) in [5, 5.41) is 16.1. The third-order valence-electron chi connectivity index (χ3n) is 6.22. The molecule has 184 valence electrons. The van der Waals surface area contributed by atoms with Gasteiger partial charge in [0.2, 0.25) is 11.8 Å². The number of ether oxygens (including phenoxy) is 1. The first kappa shape index (κ1) is 23.0. The van der Waals surface area contributed by atoms with Crippen LogP contribution in [-0.4, -0.2) is 69.6 Å². The largest absolute Gasteiger partial charge is 0.415 e. The van der Waals surface area contributed by atoms with E-state index in [4.69, 9.17) is 4.74 Å². The second-order valence-corrected chi connectivity index (χ2v) is 8.54. The quantitative estimate of drug-likeness (QED) is 0.354. The number of amides is 5. The van der Waals surface area contributed by atoms with Crippen molar-refractivity contribution in [3.8, 4) is 5.75 Å². The number of piperidine rings is 1. The lowest BCUT2D eigenvalue weighted by molar-refractivity contribution is -0.384. The van der Waals surface area contributed by atoms with Crippen LogP contribution >= 0.6 is 0 Å². The predicted octanol–water partition coefficient (Wildman–Crippen LogP) is 1.29. The minimum atomic E-state index is -1.06. The van der Waals surface area contributed by atoms with Crippen LogP contribution in [0.2, 0.25) is 0 Å². The molecule has 0 bridgehead atoms. The molecule has 13 nitrogen and oxygen atoms in total. The van der Waals surface area contributed by atoms with Gasteiger partial charge in [0.05, 0.1) is 22.1 Å². The number of likely N-dealkylation sites (tertiary alicyclic amines) is 1. The molecule has 13 heteroatoms. The van der Waals surface area contributed by atoms with Crippen LogP contribution in [0.4, 0.5) is 16.2 Å². The maximum absolute atomic E-state index is 13.2. The van der Waals surface area contributed by atoms with E-state index in [2.05, 4.69) is 10.6 Å². The molecule has 3 aliphatic rings. The molecule has 0 aromatic heterocycles. The van der Waals surface area contributed by atoms with Crippen molar-refractivity contribution in [2.75, 3.05) is 18.4 Å². The van der Waals surface area contributed by atoms with E-state index in [1.54, 1.807) is 12.1 Å². The highest BCUT2D eigenvalue weighted by Gasteiger charge is 2.46. The van der Waals surface area contributed by atoms with E-state index in [0.29, 0.717) is 5.69 Å². The van der Waals surface area contributed by atoms with Crippen LogP contribution in [0.3, 0.4) is 0 Å². The molecule has 3 aliphatic heterocycles. The standard InChI is InChI=1S/C23H19N5O8/c29-18-9-8-17(20(30)25-18)27-21(31)15-2-1-3-16(19(15)22(27)32)24-12-10-26(11-12)23(33)36-14-6-4-13(5-7-14)28(34)35/h1-7,12,17,24H,8-11H2,(H,25,29,30). The molecule has 5 amide bonds. The fourth-order valence-electron chi connectivity index (χ4n) is 4.38. The van der Waals surface area contributed by atoms with Gasteiger partial charge in [0, 0.05) is 37.3 Å². The molecule has 0 spiro atoms. The van der Waals surface area contributed by atoms with Crippen LogP contribution in [-0.2, 0) is 9.59 Å². The van der Waals surface area contributed by atoms with E-state index in [-0.39, 0.29) is 54.5 Å². The number of carbonyl (C=O) groups excluding carboxylic acids is 5. The van der Waals surface area contributed by atoms with Crippen LogP contribution < -0.4 is 15.4 Å². The predicted molar refractivity (Wildman–Crippen MR) is 121 cm³/mol. The summed E-state index contributed by atoms with van der Waals surface area (Å²) in [7, 11) is 0. The van der Waals surface area contributed by atoms with Crippen molar-refractivity contribution in [3.63, 3.8) is 0 Å². The van der Waals surface area contributed by atoms with Gasteiger partial charge >= 0.3 is 6.09 Å².